The maximum absolute atomic E-state index is 12.7. The fraction of sp³-hybridized carbons (Fsp3) is 1.00. The highest BCUT2D eigenvalue weighted by molar-refractivity contribution is 7.87. The second kappa shape index (κ2) is 6.78. The molecule has 0 radical (unpaired) electrons. The van der Waals surface area contributed by atoms with Gasteiger partial charge in [-0.3, -0.25) is 4.55 Å². The molecule has 0 rings (SSSR count). The summed E-state index contributed by atoms with van der Waals surface area (Å²) in [5.41, 5.74) is 0. The molecule has 1 unspecified atom stereocenters. The van der Waals surface area contributed by atoms with E-state index in [1.807, 2.05) is 14.1 Å². The van der Waals surface area contributed by atoms with Gasteiger partial charge in [-0.1, -0.05) is 0 Å². The van der Waals surface area contributed by atoms with Gasteiger partial charge in [0.1, 0.15) is 0 Å². The Hall–Kier alpha value is -0.760. The Morgan fingerprint density at radius 1 is 0.909 bits per heavy atom. The summed E-state index contributed by atoms with van der Waals surface area (Å²) in [6.45, 7) is -0.324. The number of hydrogen-bond donors (Lipinski definition) is 2. The molecule has 136 valence electrons. The second-order valence-corrected chi connectivity index (χ2v) is 5.34. The quantitative estimate of drug-likeness (QED) is 0.574. The zero-order valence-electron chi connectivity index (χ0n) is 11.2. The van der Waals surface area contributed by atoms with E-state index in [1.165, 1.54) is 0 Å². The predicted octanol–water partition coefficient (Wildman–Crippen LogP) is 2.57. The lowest BCUT2D eigenvalue weighted by Gasteiger charge is -2.35. The van der Waals surface area contributed by atoms with Crippen LogP contribution in [0.4, 0.5) is 39.5 Å². The Morgan fingerprint density at radius 2 is 1.18 bits per heavy atom. The molecule has 1 atom stereocenters. The minimum absolute atomic E-state index is 0.324. The van der Waals surface area contributed by atoms with Gasteiger partial charge in [0.25, 0.3) is 0 Å². The third-order valence-electron chi connectivity index (χ3n) is 2.00. The molecule has 0 saturated heterocycles. The van der Waals surface area contributed by atoms with Gasteiger partial charge in [-0.05, 0) is 21.0 Å². The topological polar surface area (TPSA) is 66.4 Å². The Kier molecular flexibility index (Phi) is 7.25. The fourth-order valence-corrected chi connectivity index (χ4v) is 1.26. The lowest BCUT2D eigenvalue weighted by molar-refractivity contribution is -0.358. The first-order valence-corrected chi connectivity index (χ1v) is 6.51. The highest BCUT2D eigenvalue weighted by Crippen LogP contribution is 2.55. The largest absolute Gasteiger partial charge is 0.438 e. The van der Waals surface area contributed by atoms with Gasteiger partial charge in [-0.15, -0.1) is 0 Å². The highest BCUT2D eigenvalue weighted by atomic mass is 32.2. The summed E-state index contributed by atoms with van der Waals surface area (Å²) >= 11 is 0. The number of hydrogen-bond acceptors (Lipinski definition) is 3. The molecule has 0 aliphatic carbocycles. The summed E-state index contributed by atoms with van der Waals surface area (Å²) in [7, 11) is -3.40. The van der Waals surface area contributed by atoms with E-state index in [0.29, 0.717) is 0 Å². The molecule has 0 aliphatic heterocycles. The standard InChI is InChI=1S/C6H5F9O3S.C2H7N/c1-2(7)3(8,9)4(10,11)5(12,13)6(14,15)19(16,17)18;1-3-2/h2H,1H3,(H,16,17,18);3H,1-2H3. The maximum atomic E-state index is 12.7. The predicted molar refractivity (Wildman–Crippen MR) is 56.9 cm³/mol. The van der Waals surface area contributed by atoms with Crippen molar-refractivity contribution in [1.82, 2.24) is 5.32 Å². The molecule has 0 bridgehead atoms. The van der Waals surface area contributed by atoms with E-state index < -0.39 is 39.3 Å². The van der Waals surface area contributed by atoms with Crippen LogP contribution in [0.1, 0.15) is 6.92 Å². The van der Waals surface area contributed by atoms with Crippen LogP contribution >= 0.6 is 0 Å². The van der Waals surface area contributed by atoms with Crippen LogP contribution in [-0.2, 0) is 10.1 Å². The summed E-state index contributed by atoms with van der Waals surface area (Å²) in [4.78, 5) is 0. The smallest absolute Gasteiger partial charge is 0.323 e. The van der Waals surface area contributed by atoms with Gasteiger partial charge < -0.3 is 5.32 Å². The van der Waals surface area contributed by atoms with Crippen LogP contribution in [0.2, 0.25) is 0 Å². The van der Waals surface area contributed by atoms with Crippen LogP contribution in [0.15, 0.2) is 0 Å². The molecular weight excluding hydrogens is 361 g/mol. The lowest BCUT2D eigenvalue weighted by atomic mass is 10.0. The summed E-state index contributed by atoms with van der Waals surface area (Å²) in [5.74, 6) is -20.6. The highest BCUT2D eigenvalue weighted by Gasteiger charge is 2.85. The number of halogens is 9. The van der Waals surface area contributed by atoms with Gasteiger partial charge >= 0.3 is 33.1 Å². The third-order valence-corrected chi connectivity index (χ3v) is 2.91. The lowest BCUT2D eigenvalue weighted by Crippen LogP contribution is -2.66. The second-order valence-electron chi connectivity index (χ2n) is 3.88. The van der Waals surface area contributed by atoms with E-state index in [-0.39, 0.29) is 6.92 Å². The van der Waals surface area contributed by atoms with Crippen molar-refractivity contribution in [3.05, 3.63) is 0 Å². The SMILES string of the molecule is CC(F)C(F)(F)C(F)(F)C(F)(F)C(F)(F)S(=O)(=O)O.CNC. The van der Waals surface area contributed by atoms with Crippen molar-refractivity contribution >= 4 is 10.1 Å². The van der Waals surface area contributed by atoms with E-state index in [0.717, 1.165) is 0 Å². The average Bonchev–Trinajstić information content (AvgIpc) is 2.27. The Morgan fingerprint density at radius 3 is 1.36 bits per heavy atom. The van der Waals surface area contributed by atoms with E-state index in [2.05, 4.69) is 5.32 Å². The van der Waals surface area contributed by atoms with Crippen molar-refractivity contribution in [1.29, 1.82) is 0 Å². The first-order chi connectivity index (χ1) is 9.36. The average molecular weight is 373 g/mol. The minimum atomic E-state index is -7.25. The van der Waals surface area contributed by atoms with Gasteiger partial charge in [-0.2, -0.15) is 43.5 Å². The summed E-state index contributed by atoms with van der Waals surface area (Å²) in [6.07, 6.45) is -3.99. The van der Waals surface area contributed by atoms with E-state index in [9.17, 15) is 47.9 Å². The van der Waals surface area contributed by atoms with Crippen molar-refractivity contribution < 1.29 is 52.5 Å². The van der Waals surface area contributed by atoms with Gasteiger partial charge in [-0.25, -0.2) is 4.39 Å². The maximum Gasteiger partial charge on any atom is 0.438 e. The van der Waals surface area contributed by atoms with Crippen molar-refractivity contribution in [3.63, 3.8) is 0 Å². The molecule has 0 aromatic carbocycles. The van der Waals surface area contributed by atoms with Crippen molar-refractivity contribution in [2.45, 2.75) is 36.1 Å². The van der Waals surface area contributed by atoms with Crippen LogP contribution < -0.4 is 5.32 Å². The molecule has 0 spiro atoms. The normalized spacial score (nSPS) is 15.9. The fourth-order valence-electron chi connectivity index (χ4n) is 0.804. The molecule has 0 aromatic heterocycles. The van der Waals surface area contributed by atoms with E-state index >= 15 is 0 Å². The molecule has 22 heavy (non-hydrogen) atoms. The molecule has 0 aromatic rings. The zero-order valence-corrected chi connectivity index (χ0v) is 12.0. The minimum Gasteiger partial charge on any atom is -0.323 e. The van der Waals surface area contributed by atoms with Crippen molar-refractivity contribution in [3.8, 4) is 0 Å². The van der Waals surface area contributed by atoms with Crippen LogP contribution in [-0.4, -0.2) is 56.3 Å². The molecule has 14 heteroatoms. The van der Waals surface area contributed by atoms with Crippen LogP contribution in [0.5, 0.6) is 0 Å². The molecule has 0 amide bonds. The first kappa shape index (κ1) is 23.5. The van der Waals surface area contributed by atoms with Crippen molar-refractivity contribution in [2.75, 3.05) is 14.1 Å². The number of alkyl halides is 9. The van der Waals surface area contributed by atoms with Gasteiger partial charge in [0, 0.05) is 0 Å². The van der Waals surface area contributed by atoms with Crippen molar-refractivity contribution in [2.24, 2.45) is 0 Å². The van der Waals surface area contributed by atoms with Crippen LogP contribution in [0.25, 0.3) is 0 Å². The molecule has 2 N–H and O–H groups in total. The Labute approximate surface area is 119 Å². The Balaban J connectivity index is 0. The van der Waals surface area contributed by atoms with E-state index in [4.69, 9.17) is 4.55 Å². The summed E-state index contributed by atoms with van der Waals surface area (Å²) in [5, 5.41) is -4.19. The summed E-state index contributed by atoms with van der Waals surface area (Å²) in [6, 6.07) is 0. The molecule has 4 nitrogen and oxygen atoms in total. The molecule has 0 heterocycles. The van der Waals surface area contributed by atoms with Gasteiger partial charge in [0.15, 0.2) is 6.17 Å². The van der Waals surface area contributed by atoms with Gasteiger partial charge in [0.05, 0.1) is 0 Å². The Bertz CT molecular complexity index is 463. The van der Waals surface area contributed by atoms with Crippen LogP contribution in [0.3, 0.4) is 0 Å². The molecular formula is C8H12F9NO3S. The number of nitrogens with one attached hydrogen (secondary N) is 1. The summed E-state index contributed by atoms with van der Waals surface area (Å²) < 4.78 is 140. The first-order valence-electron chi connectivity index (χ1n) is 5.07. The number of rotatable bonds is 5. The van der Waals surface area contributed by atoms with Gasteiger partial charge in [0.2, 0.25) is 0 Å². The molecule has 0 aliphatic rings. The molecule has 0 saturated carbocycles. The molecule has 0 fully saturated rings. The zero-order chi connectivity index (χ0) is 18.8. The van der Waals surface area contributed by atoms with E-state index in [1.54, 1.807) is 0 Å². The van der Waals surface area contributed by atoms with Crippen LogP contribution in [0, 0.1) is 0 Å². The third kappa shape index (κ3) is 3.76. The monoisotopic (exact) mass is 373 g/mol.